The maximum atomic E-state index is 10.8. The van der Waals surface area contributed by atoms with Crippen LogP contribution in [0, 0.1) is 10.1 Å². The monoisotopic (exact) mass is 282 g/mol. The van der Waals surface area contributed by atoms with Crippen molar-refractivity contribution in [3.05, 3.63) is 33.9 Å². The Balaban J connectivity index is 2.28. The summed E-state index contributed by atoms with van der Waals surface area (Å²) in [6.45, 7) is 5.91. The normalized spacial score (nSPS) is 18.4. The smallest absolute Gasteiger partial charge is 0.275 e. The van der Waals surface area contributed by atoms with Crippen molar-refractivity contribution in [2.45, 2.75) is 25.2 Å². The van der Waals surface area contributed by atoms with Crippen molar-refractivity contribution >= 4 is 23.1 Å². The molecule has 0 spiro atoms. The molecule has 1 N–H and O–H groups in total. The summed E-state index contributed by atoms with van der Waals surface area (Å²) in [6.07, 6.45) is 0. The molecule has 0 aromatic heterocycles. The van der Waals surface area contributed by atoms with E-state index in [2.05, 4.69) is 18.7 Å². The summed E-state index contributed by atoms with van der Waals surface area (Å²) >= 11 is 1.94. The topological polar surface area (TPSA) is 66.6 Å². The van der Waals surface area contributed by atoms with Crippen molar-refractivity contribution in [3.63, 3.8) is 0 Å². The average Bonchev–Trinajstić information content (AvgIpc) is 2.36. The fourth-order valence-corrected chi connectivity index (χ4v) is 3.42. The van der Waals surface area contributed by atoms with E-state index in [1.165, 1.54) is 6.07 Å². The van der Waals surface area contributed by atoms with Gasteiger partial charge in [0.15, 0.2) is 0 Å². The number of rotatable bonds is 3. The maximum absolute atomic E-state index is 10.8. The molecular formula is C13H18N2O3S. The molecule has 1 saturated heterocycles. The van der Waals surface area contributed by atoms with Crippen molar-refractivity contribution in [2.24, 2.45) is 0 Å². The molecule has 0 aliphatic carbocycles. The van der Waals surface area contributed by atoms with Crippen molar-refractivity contribution in [2.75, 3.05) is 23.7 Å². The number of aliphatic hydroxyl groups is 1. The van der Waals surface area contributed by atoms with Gasteiger partial charge < -0.3 is 10.0 Å². The molecule has 1 aliphatic heterocycles. The van der Waals surface area contributed by atoms with E-state index in [0.29, 0.717) is 5.56 Å². The van der Waals surface area contributed by atoms with Crippen LogP contribution in [0.3, 0.4) is 0 Å². The number of hydrogen-bond donors (Lipinski definition) is 1. The highest BCUT2D eigenvalue weighted by atomic mass is 32.2. The first-order chi connectivity index (χ1) is 8.93. The third-order valence-electron chi connectivity index (χ3n) is 3.22. The van der Waals surface area contributed by atoms with E-state index in [-0.39, 0.29) is 17.0 Å². The number of nitro groups is 1. The summed E-state index contributed by atoms with van der Waals surface area (Å²) in [6, 6.07) is 4.98. The highest BCUT2D eigenvalue weighted by Gasteiger charge is 2.27. The zero-order valence-corrected chi connectivity index (χ0v) is 11.9. The van der Waals surface area contributed by atoms with Crippen LogP contribution in [0.4, 0.5) is 11.4 Å². The van der Waals surface area contributed by atoms with Crippen LogP contribution in [0.15, 0.2) is 18.2 Å². The van der Waals surface area contributed by atoms with E-state index in [4.69, 9.17) is 0 Å². The van der Waals surface area contributed by atoms with Crippen LogP contribution in [0.5, 0.6) is 0 Å². The van der Waals surface area contributed by atoms with E-state index < -0.39 is 4.92 Å². The van der Waals surface area contributed by atoms with E-state index in [9.17, 15) is 15.2 Å². The lowest BCUT2D eigenvalue weighted by molar-refractivity contribution is -0.385. The predicted octanol–water partition coefficient (Wildman–Crippen LogP) is 2.42. The third-order valence-corrected chi connectivity index (χ3v) is 4.52. The van der Waals surface area contributed by atoms with Gasteiger partial charge >= 0.3 is 0 Å². The van der Waals surface area contributed by atoms with Crippen LogP contribution in [0.25, 0.3) is 0 Å². The summed E-state index contributed by atoms with van der Waals surface area (Å²) in [7, 11) is 0. The van der Waals surface area contributed by atoms with Crippen molar-refractivity contribution in [3.8, 4) is 0 Å². The predicted molar refractivity (Wildman–Crippen MR) is 77.8 cm³/mol. The number of benzene rings is 1. The minimum Gasteiger partial charge on any atom is -0.391 e. The molecule has 6 heteroatoms. The Morgan fingerprint density at radius 2 is 2.26 bits per heavy atom. The zero-order valence-electron chi connectivity index (χ0n) is 11.1. The number of nitrogens with zero attached hydrogens (tertiary/aromatic N) is 2. The standard InChI is InChI=1S/C13H18N2O3S/c1-13(2)9-14(5-6-19-13)11-3-4-12(15(17)18)10(7-11)8-16/h3-4,7,16H,5-6,8-9H2,1-2H3. The minimum absolute atomic E-state index is 0.0168. The second-order valence-corrected chi connectivity index (χ2v) is 7.06. The van der Waals surface area contributed by atoms with E-state index in [1.54, 1.807) is 12.1 Å². The van der Waals surface area contributed by atoms with Crippen LogP contribution in [0.1, 0.15) is 19.4 Å². The Morgan fingerprint density at radius 1 is 1.53 bits per heavy atom. The molecule has 0 amide bonds. The summed E-state index contributed by atoms with van der Waals surface area (Å²) in [5, 5.41) is 20.1. The Bertz CT molecular complexity index is 491. The van der Waals surface area contributed by atoms with Gasteiger partial charge in [0.25, 0.3) is 5.69 Å². The molecule has 104 valence electrons. The summed E-state index contributed by atoms with van der Waals surface area (Å²) in [5.74, 6) is 1.04. The van der Waals surface area contributed by atoms with Crippen LogP contribution in [-0.2, 0) is 6.61 Å². The fourth-order valence-electron chi connectivity index (χ4n) is 2.31. The fraction of sp³-hybridized carbons (Fsp3) is 0.538. The average molecular weight is 282 g/mol. The van der Waals surface area contributed by atoms with Crippen LogP contribution in [-0.4, -0.2) is 33.6 Å². The Hall–Kier alpha value is -1.27. The van der Waals surface area contributed by atoms with Crippen molar-refractivity contribution < 1.29 is 10.0 Å². The molecule has 1 aliphatic rings. The molecular weight excluding hydrogens is 264 g/mol. The largest absolute Gasteiger partial charge is 0.391 e. The molecule has 2 rings (SSSR count). The molecule has 0 radical (unpaired) electrons. The van der Waals surface area contributed by atoms with Gasteiger partial charge in [0.1, 0.15) is 0 Å². The second kappa shape index (κ2) is 5.38. The SMILES string of the molecule is CC1(C)CN(c2ccc([N+](=O)[O-])c(CO)c2)CCS1. The van der Waals surface area contributed by atoms with Crippen molar-refractivity contribution in [1.29, 1.82) is 0 Å². The molecule has 0 unspecified atom stereocenters. The van der Waals surface area contributed by atoms with Gasteiger partial charge in [-0.05, 0) is 26.0 Å². The van der Waals surface area contributed by atoms with Gasteiger partial charge in [0.05, 0.1) is 17.1 Å². The lowest BCUT2D eigenvalue weighted by Gasteiger charge is -2.39. The number of thioether (sulfide) groups is 1. The lowest BCUT2D eigenvalue weighted by atomic mass is 10.1. The first-order valence-corrected chi connectivity index (χ1v) is 7.18. The zero-order chi connectivity index (χ0) is 14.0. The minimum atomic E-state index is -0.453. The van der Waals surface area contributed by atoms with Gasteiger partial charge in [0.2, 0.25) is 0 Å². The van der Waals surface area contributed by atoms with Crippen molar-refractivity contribution in [1.82, 2.24) is 0 Å². The van der Waals surface area contributed by atoms with Gasteiger partial charge in [-0.25, -0.2) is 0 Å². The molecule has 5 nitrogen and oxygen atoms in total. The molecule has 0 bridgehead atoms. The second-order valence-electron chi connectivity index (χ2n) is 5.26. The third kappa shape index (κ3) is 3.19. The number of nitro benzene ring substituents is 1. The van der Waals surface area contributed by atoms with Crippen LogP contribution < -0.4 is 4.90 Å². The van der Waals surface area contributed by atoms with E-state index in [0.717, 1.165) is 24.5 Å². The molecule has 1 heterocycles. The Kier molecular flexibility index (Phi) is 4.01. The Labute approximate surface area is 116 Å². The van der Waals surface area contributed by atoms with Gasteiger partial charge in [-0.2, -0.15) is 11.8 Å². The molecule has 1 fully saturated rings. The summed E-state index contributed by atoms with van der Waals surface area (Å²) in [5.41, 5.74) is 1.30. The number of anilines is 1. The van der Waals surface area contributed by atoms with Gasteiger partial charge in [-0.3, -0.25) is 10.1 Å². The van der Waals surface area contributed by atoms with Crippen LogP contribution >= 0.6 is 11.8 Å². The maximum Gasteiger partial charge on any atom is 0.275 e. The highest BCUT2D eigenvalue weighted by molar-refractivity contribution is 8.00. The lowest BCUT2D eigenvalue weighted by Crippen LogP contribution is -2.43. The Morgan fingerprint density at radius 3 is 2.84 bits per heavy atom. The summed E-state index contributed by atoms with van der Waals surface area (Å²) in [4.78, 5) is 12.6. The highest BCUT2D eigenvalue weighted by Crippen LogP contribution is 2.33. The quantitative estimate of drug-likeness (QED) is 0.681. The molecule has 0 atom stereocenters. The van der Waals surface area contributed by atoms with E-state index in [1.807, 2.05) is 11.8 Å². The molecule has 19 heavy (non-hydrogen) atoms. The summed E-state index contributed by atoms with van der Waals surface area (Å²) < 4.78 is 0.180. The van der Waals surface area contributed by atoms with Gasteiger partial charge in [-0.15, -0.1) is 0 Å². The van der Waals surface area contributed by atoms with E-state index >= 15 is 0 Å². The molecule has 1 aromatic carbocycles. The molecule has 1 aromatic rings. The number of aliphatic hydroxyl groups excluding tert-OH is 1. The van der Waals surface area contributed by atoms with Crippen LogP contribution in [0.2, 0.25) is 0 Å². The molecule has 0 saturated carbocycles. The van der Waals surface area contributed by atoms with Gasteiger partial charge in [-0.1, -0.05) is 0 Å². The first kappa shape index (κ1) is 14.1. The first-order valence-electron chi connectivity index (χ1n) is 6.20. The number of hydrogen-bond acceptors (Lipinski definition) is 5. The van der Waals surface area contributed by atoms with Gasteiger partial charge in [0, 0.05) is 35.3 Å².